The van der Waals surface area contributed by atoms with E-state index in [1.165, 1.54) is 57.8 Å². The lowest BCUT2D eigenvalue weighted by Crippen LogP contribution is -2.31. The number of hydrogen-bond acceptors (Lipinski definition) is 2. The molecule has 108 valence electrons. The van der Waals surface area contributed by atoms with Gasteiger partial charge in [-0.1, -0.05) is 45.4 Å². The molecule has 1 fully saturated rings. The molecule has 0 radical (unpaired) electrons. The lowest BCUT2D eigenvalue weighted by atomic mass is 9.97. The van der Waals surface area contributed by atoms with Gasteiger partial charge >= 0.3 is 0 Å². The molecular formula is C16H32O2. The molecule has 0 saturated heterocycles. The number of ether oxygens (including phenoxy) is 2. The molecule has 0 N–H and O–H groups in total. The fraction of sp³-hybridized carbons (Fsp3) is 1.00. The van der Waals surface area contributed by atoms with Crippen LogP contribution in [0.3, 0.4) is 0 Å². The Bertz CT molecular complexity index is 188. The average Bonchev–Trinajstić information content (AvgIpc) is 2.39. The largest absolute Gasteiger partial charge is 0.376 e. The van der Waals surface area contributed by atoms with Crippen molar-refractivity contribution in [3.63, 3.8) is 0 Å². The highest BCUT2D eigenvalue weighted by atomic mass is 16.5. The average molecular weight is 256 g/mol. The van der Waals surface area contributed by atoms with Gasteiger partial charge in [-0.15, -0.1) is 0 Å². The molecule has 1 rings (SSSR count). The van der Waals surface area contributed by atoms with E-state index in [1.54, 1.807) is 0 Å². The van der Waals surface area contributed by atoms with Gasteiger partial charge in [0.1, 0.15) is 0 Å². The Morgan fingerprint density at radius 3 is 2.33 bits per heavy atom. The maximum Gasteiger partial charge on any atom is 0.0809 e. The second kappa shape index (κ2) is 9.80. The zero-order valence-electron chi connectivity index (χ0n) is 12.6. The van der Waals surface area contributed by atoms with Crippen LogP contribution in [-0.4, -0.2) is 24.9 Å². The summed E-state index contributed by atoms with van der Waals surface area (Å²) in [5.41, 5.74) is 0. The van der Waals surface area contributed by atoms with Gasteiger partial charge in [-0.25, -0.2) is 0 Å². The van der Waals surface area contributed by atoms with Crippen molar-refractivity contribution in [1.29, 1.82) is 0 Å². The highest BCUT2D eigenvalue weighted by Gasteiger charge is 2.20. The predicted octanol–water partition coefficient (Wildman–Crippen LogP) is 4.71. The minimum absolute atomic E-state index is 0.230. The lowest BCUT2D eigenvalue weighted by Gasteiger charge is -2.29. The maximum atomic E-state index is 6.11. The molecule has 2 unspecified atom stereocenters. The van der Waals surface area contributed by atoms with Crippen molar-refractivity contribution in [2.24, 2.45) is 0 Å². The third-order valence-corrected chi connectivity index (χ3v) is 4.00. The topological polar surface area (TPSA) is 18.5 Å². The van der Waals surface area contributed by atoms with E-state index in [4.69, 9.17) is 9.47 Å². The summed E-state index contributed by atoms with van der Waals surface area (Å²) in [4.78, 5) is 0. The first-order valence-electron chi connectivity index (χ1n) is 8.01. The van der Waals surface area contributed by atoms with Crippen molar-refractivity contribution in [2.75, 3.05) is 6.61 Å². The molecule has 1 aliphatic carbocycles. The molecule has 0 aromatic heterocycles. The van der Waals surface area contributed by atoms with Crippen LogP contribution in [0.25, 0.3) is 0 Å². The SMILES string of the molecule is CCCCCCOC(C)C(C)OC1CCCCC1. The minimum Gasteiger partial charge on any atom is -0.376 e. The predicted molar refractivity (Wildman–Crippen MR) is 77.0 cm³/mol. The van der Waals surface area contributed by atoms with Crippen LogP contribution in [0.1, 0.15) is 78.6 Å². The molecule has 1 saturated carbocycles. The summed E-state index contributed by atoms with van der Waals surface area (Å²) in [5, 5.41) is 0. The first-order chi connectivity index (χ1) is 8.74. The second-order valence-electron chi connectivity index (χ2n) is 5.74. The maximum absolute atomic E-state index is 6.11. The van der Waals surface area contributed by atoms with Crippen LogP contribution in [0, 0.1) is 0 Å². The van der Waals surface area contributed by atoms with Crippen molar-refractivity contribution < 1.29 is 9.47 Å². The van der Waals surface area contributed by atoms with Crippen molar-refractivity contribution in [3.8, 4) is 0 Å². The van der Waals surface area contributed by atoms with E-state index in [-0.39, 0.29) is 12.2 Å². The highest BCUT2D eigenvalue weighted by molar-refractivity contribution is 4.69. The quantitative estimate of drug-likeness (QED) is 0.556. The molecule has 0 bridgehead atoms. The molecular weight excluding hydrogens is 224 g/mol. The molecule has 2 nitrogen and oxygen atoms in total. The van der Waals surface area contributed by atoms with Crippen LogP contribution < -0.4 is 0 Å². The van der Waals surface area contributed by atoms with E-state index in [9.17, 15) is 0 Å². The first kappa shape index (κ1) is 16.0. The summed E-state index contributed by atoms with van der Waals surface area (Å²) >= 11 is 0. The number of unbranched alkanes of at least 4 members (excludes halogenated alkanes) is 3. The zero-order valence-corrected chi connectivity index (χ0v) is 12.6. The lowest BCUT2D eigenvalue weighted by molar-refractivity contribution is -0.0956. The highest BCUT2D eigenvalue weighted by Crippen LogP contribution is 2.22. The van der Waals surface area contributed by atoms with E-state index in [2.05, 4.69) is 20.8 Å². The standard InChI is InChI=1S/C16H32O2/c1-4-5-6-10-13-17-14(2)15(3)18-16-11-8-7-9-12-16/h14-16H,4-13H2,1-3H3. The van der Waals surface area contributed by atoms with Gasteiger partial charge in [0.05, 0.1) is 18.3 Å². The van der Waals surface area contributed by atoms with Crippen molar-refractivity contribution in [3.05, 3.63) is 0 Å². The van der Waals surface area contributed by atoms with Gasteiger partial charge in [0.2, 0.25) is 0 Å². The van der Waals surface area contributed by atoms with Gasteiger partial charge in [0.25, 0.3) is 0 Å². The van der Waals surface area contributed by atoms with Gasteiger partial charge < -0.3 is 9.47 Å². The first-order valence-corrected chi connectivity index (χ1v) is 8.01. The Labute approximate surface area is 113 Å². The molecule has 1 aliphatic rings. The molecule has 0 aliphatic heterocycles. The molecule has 2 heteroatoms. The Hall–Kier alpha value is -0.0800. The Morgan fingerprint density at radius 1 is 0.944 bits per heavy atom. The molecule has 18 heavy (non-hydrogen) atoms. The van der Waals surface area contributed by atoms with E-state index in [1.807, 2.05) is 0 Å². The van der Waals surface area contributed by atoms with E-state index < -0.39 is 0 Å². The molecule has 0 aromatic rings. The summed E-state index contributed by atoms with van der Waals surface area (Å²) in [5.74, 6) is 0. The minimum atomic E-state index is 0.230. The second-order valence-corrected chi connectivity index (χ2v) is 5.74. The third-order valence-electron chi connectivity index (χ3n) is 4.00. The fourth-order valence-electron chi connectivity index (χ4n) is 2.55. The van der Waals surface area contributed by atoms with E-state index in [0.29, 0.717) is 6.10 Å². The Kier molecular flexibility index (Phi) is 8.70. The van der Waals surface area contributed by atoms with Crippen molar-refractivity contribution >= 4 is 0 Å². The van der Waals surface area contributed by atoms with Crippen molar-refractivity contribution in [1.82, 2.24) is 0 Å². The molecule has 0 heterocycles. The molecule has 0 spiro atoms. The summed E-state index contributed by atoms with van der Waals surface area (Å²) in [6, 6.07) is 0. The third kappa shape index (κ3) is 6.75. The Morgan fingerprint density at radius 2 is 1.67 bits per heavy atom. The van der Waals surface area contributed by atoms with Crippen LogP contribution in [0.15, 0.2) is 0 Å². The molecule has 0 aromatic carbocycles. The smallest absolute Gasteiger partial charge is 0.0809 e. The van der Waals surface area contributed by atoms with E-state index in [0.717, 1.165) is 6.61 Å². The van der Waals surface area contributed by atoms with Crippen molar-refractivity contribution in [2.45, 2.75) is 96.9 Å². The monoisotopic (exact) mass is 256 g/mol. The van der Waals surface area contributed by atoms with Crippen LogP contribution in [0.2, 0.25) is 0 Å². The Balaban J connectivity index is 2.06. The van der Waals surface area contributed by atoms with Crippen LogP contribution >= 0.6 is 0 Å². The summed E-state index contributed by atoms with van der Waals surface area (Å²) in [6.45, 7) is 7.43. The van der Waals surface area contributed by atoms with Crippen LogP contribution in [-0.2, 0) is 9.47 Å². The summed E-state index contributed by atoms with van der Waals surface area (Å²) in [7, 11) is 0. The van der Waals surface area contributed by atoms with Gasteiger partial charge in [-0.05, 0) is 33.1 Å². The summed E-state index contributed by atoms with van der Waals surface area (Å²) < 4.78 is 12.0. The fourth-order valence-corrected chi connectivity index (χ4v) is 2.55. The van der Waals surface area contributed by atoms with Crippen LogP contribution in [0.5, 0.6) is 0 Å². The van der Waals surface area contributed by atoms with Gasteiger partial charge in [0.15, 0.2) is 0 Å². The molecule has 2 atom stereocenters. The van der Waals surface area contributed by atoms with Crippen LogP contribution in [0.4, 0.5) is 0 Å². The van der Waals surface area contributed by atoms with E-state index >= 15 is 0 Å². The number of hydrogen-bond donors (Lipinski definition) is 0. The normalized spacial score (nSPS) is 20.8. The zero-order chi connectivity index (χ0) is 13.2. The van der Waals surface area contributed by atoms with Gasteiger partial charge in [-0.2, -0.15) is 0 Å². The number of rotatable bonds is 9. The van der Waals surface area contributed by atoms with Gasteiger partial charge in [0, 0.05) is 6.61 Å². The molecule has 0 amide bonds. The summed E-state index contributed by atoms with van der Waals surface area (Å²) in [6.07, 6.45) is 12.6. The van der Waals surface area contributed by atoms with Gasteiger partial charge in [-0.3, -0.25) is 0 Å².